The van der Waals surface area contributed by atoms with Gasteiger partial charge in [0.2, 0.25) is 0 Å². The molecule has 1 aromatic heterocycles. The molecule has 1 heterocycles. The van der Waals surface area contributed by atoms with E-state index in [0.29, 0.717) is 5.92 Å². The second kappa shape index (κ2) is 6.82. The average molecular weight is 304 g/mol. The van der Waals surface area contributed by atoms with Crippen molar-refractivity contribution >= 4 is 0 Å². The van der Waals surface area contributed by atoms with E-state index >= 15 is 0 Å². The zero-order valence-corrected chi connectivity index (χ0v) is 14.1. The summed E-state index contributed by atoms with van der Waals surface area (Å²) < 4.78 is 0. The largest absolute Gasteiger partial charge is 0.345 e. The molecule has 3 aromatic rings. The SMILES string of the molecule is Cc1[nH]c(Cc2ccccc2)nc1-c1ccc(CC(C)C)cc1. The van der Waals surface area contributed by atoms with E-state index < -0.39 is 0 Å². The zero-order chi connectivity index (χ0) is 16.2. The summed E-state index contributed by atoms with van der Waals surface area (Å²) in [6.07, 6.45) is 1.96. The lowest BCUT2D eigenvalue weighted by Gasteiger charge is -2.05. The van der Waals surface area contributed by atoms with Crippen LogP contribution < -0.4 is 0 Å². The summed E-state index contributed by atoms with van der Waals surface area (Å²) in [5, 5.41) is 0. The number of hydrogen-bond donors (Lipinski definition) is 1. The van der Waals surface area contributed by atoms with Crippen molar-refractivity contribution in [1.82, 2.24) is 9.97 Å². The molecule has 2 nitrogen and oxygen atoms in total. The molecule has 0 spiro atoms. The van der Waals surface area contributed by atoms with Gasteiger partial charge in [0.1, 0.15) is 5.82 Å². The molecule has 2 heteroatoms. The Morgan fingerprint density at radius 1 is 0.913 bits per heavy atom. The molecular formula is C21H24N2. The minimum atomic E-state index is 0.686. The summed E-state index contributed by atoms with van der Waals surface area (Å²) in [4.78, 5) is 8.24. The van der Waals surface area contributed by atoms with E-state index in [1.165, 1.54) is 16.7 Å². The van der Waals surface area contributed by atoms with E-state index in [-0.39, 0.29) is 0 Å². The molecule has 3 rings (SSSR count). The van der Waals surface area contributed by atoms with Gasteiger partial charge >= 0.3 is 0 Å². The summed E-state index contributed by atoms with van der Waals surface area (Å²) in [5.74, 6) is 1.71. The van der Waals surface area contributed by atoms with Crippen molar-refractivity contribution in [2.45, 2.75) is 33.6 Å². The van der Waals surface area contributed by atoms with Crippen molar-refractivity contribution in [2.75, 3.05) is 0 Å². The molecule has 0 aliphatic rings. The molecule has 0 unspecified atom stereocenters. The van der Waals surface area contributed by atoms with Crippen LogP contribution in [0.2, 0.25) is 0 Å². The Bertz CT molecular complexity index is 752. The van der Waals surface area contributed by atoms with E-state index in [1.807, 2.05) is 6.07 Å². The lowest BCUT2D eigenvalue weighted by Crippen LogP contribution is -1.93. The summed E-state index contributed by atoms with van der Waals surface area (Å²) in [6, 6.07) is 19.3. The molecule has 0 saturated heterocycles. The highest BCUT2D eigenvalue weighted by atomic mass is 14.9. The van der Waals surface area contributed by atoms with Gasteiger partial charge in [0.05, 0.1) is 5.69 Å². The molecule has 2 aromatic carbocycles. The number of aryl methyl sites for hydroxylation is 1. The maximum Gasteiger partial charge on any atom is 0.111 e. The van der Waals surface area contributed by atoms with Crippen molar-refractivity contribution < 1.29 is 0 Å². The summed E-state index contributed by atoms with van der Waals surface area (Å²) >= 11 is 0. The van der Waals surface area contributed by atoms with Crippen molar-refractivity contribution in [3.63, 3.8) is 0 Å². The van der Waals surface area contributed by atoms with Gasteiger partial charge in [0.25, 0.3) is 0 Å². The van der Waals surface area contributed by atoms with E-state index in [2.05, 4.69) is 74.3 Å². The van der Waals surface area contributed by atoms with Gasteiger partial charge in [-0.25, -0.2) is 4.98 Å². The summed E-state index contributed by atoms with van der Waals surface area (Å²) in [5.41, 5.74) is 6.05. The highest BCUT2D eigenvalue weighted by Crippen LogP contribution is 2.23. The smallest absolute Gasteiger partial charge is 0.111 e. The molecule has 0 saturated carbocycles. The standard InChI is InChI=1S/C21H24N2/c1-15(2)13-18-9-11-19(12-10-18)21-16(3)22-20(23-21)14-17-7-5-4-6-8-17/h4-12,15H,13-14H2,1-3H3,(H,22,23). The Balaban J connectivity index is 1.80. The van der Waals surface area contributed by atoms with Crippen LogP contribution in [0.1, 0.15) is 36.5 Å². The minimum absolute atomic E-state index is 0.686. The number of H-pyrrole nitrogens is 1. The lowest BCUT2D eigenvalue weighted by atomic mass is 10.0. The number of benzene rings is 2. The molecule has 118 valence electrons. The fourth-order valence-corrected chi connectivity index (χ4v) is 2.95. The lowest BCUT2D eigenvalue weighted by molar-refractivity contribution is 0.647. The summed E-state index contributed by atoms with van der Waals surface area (Å²) in [6.45, 7) is 6.60. The molecule has 0 aliphatic carbocycles. The van der Waals surface area contributed by atoms with Gasteiger partial charge in [-0.05, 0) is 30.4 Å². The molecule has 23 heavy (non-hydrogen) atoms. The van der Waals surface area contributed by atoms with Gasteiger partial charge in [0.15, 0.2) is 0 Å². The third-order valence-corrected chi connectivity index (χ3v) is 4.02. The Kier molecular flexibility index (Phi) is 4.61. The zero-order valence-electron chi connectivity index (χ0n) is 14.1. The normalized spacial score (nSPS) is 11.1. The maximum atomic E-state index is 4.81. The maximum absolute atomic E-state index is 4.81. The number of nitrogens with one attached hydrogen (secondary N) is 1. The van der Waals surface area contributed by atoms with Crippen molar-refractivity contribution in [2.24, 2.45) is 5.92 Å². The predicted octanol–water partition coefficient (Wildman–Crippen LogP) is 5.17. The Hall–Kier alpha value is -2.35. The second-order valence-electron chi connectivity index (χ2n) is 6.61. The van der Waals surface area contributed by atoms with E-state index in [4.69, 9.17) is 4.98 Å². The quantitative estimate of drug-likeness (QED) is 0.691. The van der Waals surface area contributed by atoms with E-state index in [0.717, 1.165) is 30.1 Å². The summed E-state index contributed by atoms with van der Waals surface area (Å²) in [7, 11) is 0. The number of nitrogens with zero attached hydrogens (tertiary/aromatic N) is 1. The minimum Gasteiger partial charge on any atom is -0.345 e. The van der Waals surface area contributed by atoms with Crippen LogP contribution in [0.15, 0.2) is 54.6 Å². The number of aromatic amines is 1. The molecule has 1 N–H and O–H groups in total. The third kappa shape index (κ3) is 3.89. The Morgan fingerprint density at radius 2 is 1.61 bits per heavy atom. The van der Waals surface area contributed by atoms with E-state index in [1.54, 1.807) is 0 Å². The van der Waals surface area contributed by atoms with Crippen LogP contribution in [-0.4, -0.2) is 9.97 Å². The topological polar surface area (TPSA) is 28.7 Å². The third-order valence-electron chi connectivity index (χ3n) is 4.02. The van der Waals surface area contributed by atoms with Crippen LogP contribution in [0.3, 0.4) is 0 Å². The highest BCUT2D eigenvalue weighted by molar-refractivity contribution is 5.62. The average Bonchev–Trinajstić information content (AvgIpc) is 2.89. The predicted molar refractivity (Wildman–Crippen MR) is 96.6 cm³/mol. The fraction of sp³-hybridized carbons (Fsp3) is 0.286. The molecule has 0 atom stereocenters. The van der Waals surface area contributed by atoms with Crippen LogP contribution in [-0.2, 0) is 12.8 Å². The first-order valence-corrected chi connectivity index (χ1v) is 8.30. The first-order chi connectivity index (χ1) is 11.1. The molecule has 0 radical (unpaired) electrons. The first kappa shape index (κ1) is 15.5. The number of imidazole rings is 1. The van der Waals surface area contributed by atoms with E-state index in [9.17, 15) is 0 Å². The fourth-order valence-electron chi connectivity index (χ4n) is 2.95. The molecular weight excluding hydrogens is 280 g/mol. The van der Waals surface area contributed by atoms with Crippen LogP contribution >= 0.6 is 0 Å². The highest BCUT2D eigenvalue weighted by Gasteiger charge is 2.09. The Morgan fingerprint density at radius 3 is 2.26 bits per heavy atom. The monoisotopic (exact) mass is 304 g/mol. The first-order valence-electron chi connectivity index (χ1n) is 8.30. The molecule has 0 fully saturated rings. The van der Waals surface area contributed by atoms with Gasteiger partial charge in [-0.2, -0.15) is 0 Å². The van der Waals surface area contributed by atoms with Crippen molar-refractivity contribution in [1.29, 1.82) is 0 Å². The van der Waals surface area contributed by atoms with Crippen molar-refractivity contribution in [3.05, 3.63) is 77.2 Å². The molecule has 0 aliphatic heterocycles. The van der Waals surface area contributed by atoms with Gasteiger partial charge in [-0.3, -0.25) is 0 Å². The number of aromatic nitrogens is 2. The Labute approximate surface area is 138 Å². The number of rotatable bonds is 5. The molecule has 0 bridgehead atoms. The van der Waals surface area contributed by atoms with Gasteiger partial charge in [0, 0.05) is 17.7 Å². The van der Waals surface area contributed by atoms with Gasteiger partial charge in [-0.1, -0.05) is 68.4 Å². The van der Waals surface area contributed by atoms with Crippen LogP contribution in [0.5, 0.6) is 0 Å². The van der Waals surface area contributed by atoms with Crippen molar-refractivity contribution in [3.8, 4) is 11.3 Å². The van der Waals surface area contributed by atoms with Crippen LogP contribution in [0.25, 0.3) is 11.3 Å². The van der Waals surface area contributed by atoms with Gasteiger partial charge in [-0.15, -0.1) is 0 Å². The molecule has 0 amide bonds. The van der Waals surface area contributed by atoms with Crippen LogP contribution in [0.4, 0.5) is 0 Å². The van der Waals surface area contributed by atoms with Crippen LogP contribution in [0, 0.1) is 12.8 Å². The number of hydrogen-bond acceptors (Lipinski definition) is 1. The second-order valence-corrected chi connectivity index (χ2v) is 6.61. The van der Waals surface area contributed by atoms with Gasteiger partial charge < -0.3 is 4.98 Å².